The second kappa shape index (κ2) is 8.69. The van der Waals surface area contributed by atoms with E-state index in [1.54, 1.807) is 17.9 Å². The number of hydrogen-bond donors (Lipinski definition) is 1. The first-order valence-electron chi connectivity index (χ1n) is 9.18. The maximum absolute atomic E-state index is 12.6. The molecule has 1 aromatic heterocycles. The van der Waals surface area contributed by atoms with Crippen molar-refractivity contribution in [1.82, 2.24) is 10.1 Å². The molecule has 8 nitrogen and oxygen atoms in total. The molecule has 3 rings (SSSR count). The number of aryl methyl sites for hydroxylation is 2. The fraction of sp³-hybridized carbons (Fsp3) is 0.400. The van der Waals surface area contributed by atoms with Gasteiger partial charge in [-0.3, -0.25) is 14.4 Å². The summed E-state index contributed by atoms with van der Waals surface area (Å²) in [5, 5.41) is 6.14. The Morgan fingerprint density at radius 3 is 2.57 bits per heavy atom. The van der Waals surface area contributed by atoms with Crippen LogP contribution in [0.3, 0.4) is 0 Å². The summed E-state index contributed by atoms with van der Waals surface area (Å²) in [5.74, 6) is -0.389. The molecule has 2 amide bonds. The SMILES string of the molecule is Cc1cc(NC(=O)COC(=O)C2CCN(C(=O)c3ccccc3C)CC2)no1. The van der Waals surface area contributed by atoms with Crippen LogP contribution in [0, 0.1) is 19.8 Å². The van der Waals surface area contributed by atoms with Gasteiger partial charge >= 0.3 is 5.97 Å². The van der Waals surface area contributed by atoms with Crippen molar-refractivity contribution in [3.63, 3.8) is 0 Å². The molecule has 1 aliphatic rings. The van der Waals surface area contributed by atoms with Gasteiger partial charge in [0, 0.05) is 24.7 Å². The van der Waals surface area contributed by atoms with Gasteiger partial charge in [-0.2, -0.15) is 0 Å². The molecule has 0 radical (unpaired) electrons. The summed E-state index contributed by atoms with van der Waals surface area (Å²) in [6.45, 7) is 4.20. The van der Waals surface area contributed by atoms with Gasteiger partial charge in [0.2, 0.25) is 0 Å². The van der Waals surface area contributed by atoms with E-state index in [0.717, 1.165) is 5.56 Å². The highest BCUT2D eigenvalue weighted by Crippen LogP contribution is 2.21. The predicted octanol–water partition coefficient (Wildman–Crippen LogP) is 2.33. The van der Waals surface area contributed by atoms with Crippen LogP contribution in [0.25, 0.3) is 0 Å². The maximum Gasteiger partial charge on any atom is 0.309 e. The van der Waals surface area contributed by atoms with Gasteiger partial charge < -0.3 is 19.5 Å². The Morgan fingerprint density at radius 2 is 1.93 bits per heavy atom. The van der Waals surface area contributed by atoms with Crippen LogP contribution in [0.5, 0.6) is 0 Å². The van der Waals surface area contributed by atoms with E-state index in [2.05, 4.69) is 10.5 Å². The lowest BCUT2D eigenvalue weighted by molar-refractivity contribution is -0.152. The summed E-state index contributed by atoms with van der Waals surface area (Å²) >= 11 is 0. The lowest BCUT2D eigenvalue weighted by atomic mass is 9.96. The third-order valence-corrected chi connectivity index (χ3v) is 4.73. The third kappa shape index (κ3) is 4.76. The Balaban J connectivity index is 1.44. The number of piperidine rings is 1. The van der Waals surface area contributed by atoms with Gasteiger partial charge in [-0.05, 0) is 38.3 Å². The minimum atomic E-state index is -0.478. The minimum Gasteiger partial charge on any atom is -0.455 e. The first-order valence-corrected chi connectivity index (χ1v) is 9.18. The van der Waals surface area contributed by atoms with Gasteiger partial charge in [-0.15, -0.1) is 0 Å². The van der Waals surface area contributed by atoms with Gasteiger partial charge in [-0.25, -0.2) is 0 Å². The molecule has 0 saturated carbocycles. The number of ether oxygens (including phenoxy) is 1. The summed E-state index contributed by atoms with van der Waals surface area (Å²) in [6.07, 6.45) is 1.03. The van der Waals surface area contributed by atoms with E-state index in [1.807, 2.05) is 31.2 Å². The van der Waals surface area contributed by atoms with E-state index in [-0.39, 0.29) is 24.2 Å². The molecule has 1 aliphatic heterocycles. The number of anilines is 1. The highest BCUT2D eigenvalue weighted by atomic mass is 16.5. The second-order valence-corrected chi connectivity index (χ2v) is 6.86. The number of carbonyl (C=O) groups is 3. The molecule has 0 bridgehead atoms. The van der Waals surface area contributed by atoms with Crippen LogP contribution < -0.4 is 5.32 Å². The van der Waals surface area contributed by atoms with Crippen molar-refractivity contribution in [1.29, 1.82) is 0 Å². The fourth-order valence-corrected chi connectivity index (χ4v) is 3.16. The summed E-state index contributed by atoms with van der Waals surface area (Å²) in [6, 6.07) is 9.03. The number of aromatic nitrogens is 1. The third-order valence-electron chi connectivity index (χ3n) is 4.73. The number of nitrogens with one attached hydrogen (secondary N) is 1. The average molecular weight is 385 g/mol. The van der Waals surface area contributed by atoms with E-state index in [4.69, 9.17) is 9.26 Å². The Labute approximate surface area is 162 Å². The molecular weight excluding hydrogens is 362 g/mol. The normalized spacial score (nSPS) is 14.6. The highest BCUT2D eigenvalue weighted by molar-refractivity contribution is 5.96. The van der Waals surface area contributed by atoms with Crippen molar-refractivity contribution in [2.75, 3.05) is 25.0 Å². The standard InChI is InChI=1S/C20H23N3O5/c1-13-5-3-4-6-16(13)19(25)23-9-7-15(8-10-23)20(26)27-12-18(24)21-17-11-14(2)28-22-17/h3-6,11,15H,7-10,12H2,1-2H3,(H,21,22,24). The number of benzene rings is 1. The van der Waals surface area contributed by atoms with Crippen LogP contribution in [-0.2, 0) is 14.3 Å². The van der Waals surface area contributed by atoms with Crippen molar-refractivity contribution in [3.8, 4) is 0 Å². The van der Waals surface area contributed by atoms with Crippen LogP contribution in [0.1, 0.15) is 34.5 Å². The van der Waals surface area contributed by atoms with E-state index in [0.29, 0.717) is 37.3 Å². The van der Waals surface area contributed by atoms with Gasteiger partial charge in [-0.1, -0.05) is 23.4 Å². The summed E-state index contributed by atoms with van der Waals surface area (Å²) in [4.78, 5) is 38.4. The molecule has 2 heterocycles. The lowest BCUT2D eigenvalue weighted by Crippen LogP contribution is -2.41. The monoisotopic (exact) mass is 385 g/mol. The smallest absolute Gasteiger partial charge is 0.309 e. The topological polar surface area (TPSA) is 102 Å². The van der Waals surface area contributed by atoms with Crippen molar-refractivity contribution in [3.05, 3.63) is 47.2 Å². The number of rotatable bonds is 5. The Kier molecular flexibility index (Phi) is 6.08. The predicted molar refractivity (Wildman–Crippen MR) is 101 cm³/mol. The van der Waals surface area contributed by atoms with Crippen LogP contribution in [-0.4, -0.2) is 47.5 Å². The van der Waals surface area contributed by atoms with Gasteiger partial charge in [0.1, 0.15) is 5.76 Å². The summed E-state index contributed by atoms with van der Waals surface area (Å²) in [5.41, 5.74) is 1.62. The molecule has 0 aliphatic carbocycles. The van der Waals surface area contributed by atoms with E-state index < -0.39 is 11.9 Å². The van der Waals surface area contributed by atoms with Crippen LogP contribution >= 0.6 is 0 Å². The van der Waals surface area contributed by atoms with E-state index in [9.17, 15) is 14.4 Å². The molecule has 0 spiro atoms. The van der Waals surface area contributed by atoms with Crippen molar-refractivity contribution in [2.45, 2.75) is 26.7 Å². The molecule has 1 aromatic carbocycles. The molecule has 1 N–H and O–H groups in total. The number of amides is 2. The van der Waals surface area contributed by atoms with E-state index in [1.165, 1.54) is 0 Å². The zero-order valence-corrected chi connectivity index (χ0v) is 15.9. The molecule has 1 fully saturated rings. The molecule has 28 heavy (non-hydrogen) atoms. The number of likely N-dealkylation sites (tertiary alicyclic amines) is 1. The average Bonchev–Trinajstić information content (AvgIpc) is 3.10. The maximum atomic E-state index is 12.6. The van der Waals surface area contributed by atoms with Crippen LogP contribution in [0.4, 0.5) is 5.82 Å². The first-order chi connectivity index (χ1) is 13.4. The quantitative estimate of drug-likeness (QED) is 0.793. The van der Waals surface area contributed by atoms with Crippen LogP contribution in [0.15, 0.2) is 34.9 Å². The molecule has 2 aromatic rings. The van der Waals surface area contributed by atoms with Crippen molar-refractivity contribution >= 4 is 23.6 Å². The number of nitrogens with zero attached hydrogens (tertiary/aromatic N) is 2. The molecular formula is C20H23N3O5. The number of esters is 1. The highest BCUT2D eigenvalue weighted by Gasteiger charge is 2.29. The molecule has 148 valence electrons. The Bertz CT molecular complexity index is 868. The fourth-order valence-electron chi connectivity index (χ4n) is 3.16. The van der Waals surface area contributed by atoms with Crippen molar-refractivity contribution < 1.29 is 23.6 Å². The minimum absolute atomic E-state index is 0.0211. The van der Waals surface area contributed by atoms with E-state index >= 15 is 0 Å². The zero-order valence-electron chi connectivity index (χ0n) is 15.9. The summed E-state index contributed by atoms with van der Waals surface area (Å²) in [7, 11) is 0. The zero-order chi connectivity index (χ0) is 20.1. The van der Waals surface area contributed by atoms with Gasteiger partial charge in [0.25, 0.3) is 11.8 Å². The Morgan fingerprint density at radius 1 is 1.21 bits per heavy atom. The van der Waals surface area contributed by atoms with Crippen molar-refractivity contribution in [2.24, 2.45) is 5.92 Å². The summed E-state index contributed by atoms with van der Waals surface area (Å²) < 4.78 is 9.96. The van der Waals surface area contributed by atoms with Gasteiger partial charge in [0.15, 0.2) is 12.4 Å². The number of hydrogen-bond acceptors (Lipinski definition) is 6. The second-order valence-electron chi connectivity index (χ2n) is 6.86. The molecule has 8 heteroatoms. The molecule has 0 atom stereocenters. The van der Waals surface area contributed by atoms with Gasteiger partial charge in [0.05, 0.1) is 5.92 Å². The number of carbonyl (C=O) groups excluding carboxylic acids is 3. The lowest BCUT2D eigenvalue weighted by Gasteiger charge is -2.31. The molecule has 0 unspecified atom stereocenters. The van der Waals surface area contributed by atoms with Crippen LogP contribution in [0.2, 0.25) is 0 Å². The largest absolute Gasteiger partial charge is 0.455 e. The molecule has 1 saturated heterocycles. The Hall–Kier alpha value is -3.16. The first kappa shape index (κ1) is 19.6.